The van der Waals surface area contributed by atoms with Crippen LogP contribution in [0.2, 0.25) is 0 Å². The molecule has 0 bridgehead atoms. The van der Waals surface area contributed by atoms with Crippen molar-refractivity contribution in [1.29, 1.82) is 0 Å². The van der Waals surface area contributed by atoms with Gasteiger partial charge >= 0.3 is 0 Å². The van der Waals surface area contributed by atoms with E-state index in [2.05, 4.69) is 40.6 Å². The van der Waals surface area contributed by atoms with Crippen LogP contribution in [0.5, 0.6) is 0 Å². The maximum absolute atomic E-state index is 8.36. The Morgan fingerprint density at radius 2 is 2.00 bits per heavy atom. The van der Waals surface area contributed by atoms with Crippen molar-refractivity contribution in [3.8, 4) is 0 Å². The number of aromatic nitrogens is 2. The van der Waals surface area contributed by atoms with Gasteiger partial charge < -0.3 is 20.2 Å². The largest absolute Gasteiger partial charge is 0.483 e. The van der Waals surface area contributed by atoms with Crippen LogP contribution in [0.15, 0.2) is 0 Å². The number of hydrogen-bond acceptors (Lipinski definition) is 7. The van der Waals surface area contributed by atoms with E-state index >= 15 is 0 Å². The minimum Gasteiger partial charge on any atom is -0.483 e. The zero-order chi connectivity index (χ0) is 15.5. The van der Waals surface area contributed by atoms with Crippen LogP contribution in [0.4, 0.5) is 11.1 Å². The maximum atomic E-state index is 8.36. The van der Waals surface area contributed by atoms with Crippen molar-refractivity contribution in [2.45, 2.75) is 25.8 Å². The Morgan fingerprint density at radius 1 is 1.40 bits per heavy atom. The molecule has 0 spiro atoms. The summed E-state index contributed by atoms with van der Waals surface area (Å²) in [5, 5.41) is 11.2. The Balaban J connectivity index is 0.00000110. The number of hydrogen-bond donors (Lipinski definition) is 2. The number of likely N-dealkylation sites (N-methyl/N-ethyl adjacent to an activating group) is 1. The van der Waals surface area contributed by atoms with Crippen LogP contribution in [0.25, 0.3) is 0 Å². The summed E-state index contributed by atoms with van der Waals surface area (Å²) in [4.78, 5) is 16.9. The minimum atomic E-state index is -0.250. The van der Waals surface area contributed by atoms with E-state index in [0.29, 0.717) is 6.04 Å². The molecule has 116 valence electrons. The molecule has 0 fully saturated rings. The van der Waals surface area contributed by atoms with Crippen LogP contribution >= 0.6 is 11.5 Å². The van der Waals surface area contributed by atoms with E-state index in [-0.39, 0.29) is 6.47 Å². The Hall–Kier alpha value is -1.41. The summed E-state index contributed by atoms with van der Waals surface area (Å²) in [6, 6.07) is 0.548. The van der Waals surface area contributed by atoms with Gasteiger partial charge in [-0.2, -0.15) is 9.36 Å². The zero-order valence-electron chi connectivity index (χ0n) is 12.8. The van der Waals surface area contributed by atoms with Crippen LogP contribution in [0.3, 0.4) is 0 Å². The first-order valence-electron chi connectivity index (χ1n) is 6.45. The van der Waals surface area contributed by atoms with Gasteiger partial charge in [0.1, 0.15) is 0 Å². The number of carboxylic acid groups (broad SMARTS) is 1. The molecule has 0 aliphatic carbocycles. The average molecular weight is 303 g/mol. The number of carbonyl (C=O) groups is 1. The van der Waals surface area contributed by atoms with E-state index in [1.807, 2.05) is 19.0 Å². The Morgan fingerprint density at radius 3 is 2.40 bits per heavy atom. The monoisotopic (exact) mass is 303 g/mol. The SMILES string of the molecule is CCCC(CNc1nc(N(C)C)ns1)N(C)C.O=CO. The molecule has 0 aliphatic rings. The highest BCUT2D eigenvalue weighted by Gasteiger charge is 2.11. The molecule has 8 heteroatoms. The molecule has 0 aromatic carbocycles. The van der Waals surface area contributed by atoms with E-state index in [4.69, 9.17) is 9.90 Å². The lowest BCUT2D eigenvalue weighted by Gasteiger charge is -2.23. The summed E-state index contributed by atoms with van der Waals surface area (Å²) in [5.74, 6) is 0.773. The molecule has 0 radical (unpaired) electrons. The fourth-order valence-electron chi connectivity index (χ4n) is 1.55. The fraction of sp³-hybridized carbons (Fsp3) is 0.750. The summed E-state index contributed by atoms with van der Waals surface area (Å²) in [6.07, 6.45) is 2.39. The van der Waals surface area contributed by atoms with Gasteiger partial charge in [0, 0.05) is 38.2 Å². The van der Waals surface area contributed by atoms with Crippen molar-refractivity contribution in [2.75, 3.05) is 45.0 Å². The van der Waals surface area contributed by atoms with E-state index in [9.17, 15) is 0 Å². The van der Waals surface area contributed by atoms with Gasteiger partial charge in [0.05, 0.1) is 0 Å². The van der Waals surface area contributed by atoms with E-state index in [1.165, 1.54) is 24.4 Å². The third kappa shape index (κ3) is 7.25. The predicted octanol–water partition coefficient (Wildman–Crippen LogP) is 1.45. The number of anilines is 2. The smallest absolute Gasteiger partial charge is 0.290 e. The van der Waals surface area contributed by atoms with Crippen LogP contribution in [-0.2, 0) is 4.79 Å². The van der Waals surface area contributed by atoms with E-state index in [1.54, 1.807) is 0 Å². The average Bonchev–Trinajstić information content (AvgIpc) is 2.84. The lowest BCUT2D eigenvalue weighted by atomic mass is 10.1. The molecule has 1 atom stereocenters. The second kappa shape index (κ2) is 10.4. The first kappa shape index (κ1) is 18.6. The lowest BCUT2D eigenvalue weighted by Crippen LogP contribution is -2.34. The summed E-state index contributed by atoms with van der Waals surface area (Å²) in [6.45, 7) is 2.88. The first-order valence-corrected chi connectivity index (χ1v) is 7.22. The van der Waals surface area contributed by atoms with Crippen LogP contribution in [-0.4, -0.2) is 66.6 Å². The molecular formula is C12H25N5O2S. The highest BCUT2D eigenvalue weighted by molar-refractivity contribution is 7.09. The van der Waals surface area contributed by atoms with Crippen molar-refractivity contribution < 1.29 is 9.90 Å². The van der Waals surface area contributed by atoms with Gasteiger partial charge in [0.2, 0.25) is 11.1 Å². The molecule has 20 heavy (non-hydrogen) atoms. The third-order valence-electron chi connectivity index (χ3n) is 2.66. The Kier molecular flexibility index (Phi) is 9.65. The molecule has 0 saturated carbocycles. The fourth-order valence-corrected chi connectivity index (χ4v) is 2.19. The van der Waals surface area contributed by atoms with Crippen molar-refractivity contribution >= 4 is 29.1 Å². The molecule has 0 saturated heterocycles. The summed E-state index contributed by atoms with van der Waals surface area (Å²) in [7, 11) is 8.14. The summed E-state index contributed by atoms with van der Waals surface area (Å²) >= 11 is 1.42. The maximum Gasteiger partial charge on any atom is 0.290 e. The third-order valence-corrected chi connectivity index (χ3v) is 3.32. The van der Waals surface area contributed by atoms with Gasteiger partial charge in [-0.15, -0.1) is 0 Å². The van der Waals surface area contributed by atoms with Gasteiger partial charge in [-0.05, 0) is 20.5 Å². The lowest BCUT2D eigenvalue weighted by molar-refractivity contribution is -0.122. The Bertz CT molecular complexity index is 370. The molecule has 0 amide bonds. The summed E-state index contributed by atoms with van der Waals surface area (Å²) < 4.78 is 4.26. The molecule has 7 nitrogen and oxygen atoms in total. The zero-order valence-corrected chi connectivity index (χ0v) is 13.6. The van der Waals surface area contributed by atoms with E-state index in [0.717, 1.165) is 17.6 Å². The van der Waals surface area contributed by atoms with Gasteiger partial charge in [0.25, 0.3) is 6.47 Å². The molecule has 0 aliphatic heterocycles. The second-order valence-corrected chi connectivity index (χ2v) is 5.44. The molecule has 1 aromatic rings. The van der Waals surface area contributed by atoms with Crippen molar-refractivity contribution in [3.05, 3.63) is 0 Å². The normalized spacial score (nSPS) is 11.5. The van der Waals surface area contributed by atoms with Crippen molar-refractivity contribution in [2.24, 2.45) is 0 Å². The molecule has 2 N–H and O–H groups in total. The van der Waals surface area contributed by atoms with Crippen LogP contribution < -0.4 is 10.2 Å². The standard InChI is InChI=1S/C11H23N5S.CH2O2/c1-6-7-9(15(2)3)8-12-11-13-10(14-17-11)16(4)5;2-1-3/h9H,6-8H2,1-5H3,(H,12,13,14);1H,(H,2,3). The quantitative estimate of drug-likeness (QED) is 0.738. The molecule has 1 unspecified atom stereocenters. The van der Waals surface area contributed by atoms with Gasteiger partial charge in [-0.3, -0.25) is 4.79 Å². The highest BCUT2D eigenvalue weighted by Crippen LogP contribution is 2.16. The minimum absolute atomic E-state index is 0.250. The number of nitrogens with one attached hydrogen (secondary N) is 1. The molecule has 1 heterocycles. The number of rotatable bonds is 7. The topological polar surface area (TPSA) is 81.6 Å². The number of nitrogens with zero attached hydrogens (tertiary/aromatic N) is 4. The molecule has 1 aromatic heterocycles. The van der Waals surface area contributed by atoms with E-state index < -0.39 is 0 Å². The van der Waals surface area contributed by atoms with Crippen LogP contribution in [0, 0.1) is 0 Å². The molecule has 1 rings (SSSR count). The molecular weight excluding hydrogens is 278 g/mol. The van der Waals surface area contributed by atoms with Crippen molar-refractivity contribution in [3.63, 3.8) is 0 Å². The highest BCUT2D eigenvalue weighted by atomic mass is 32.1. The van der Waals surface area contributed by atoms with Gasteiger partial charge in [0.15, 0.2) is 0 Å². The summed E-state index contributed by atoms with van der Waals surface area (Å²) in [5.41, 5.74) is 0. The predicted molar refractivity (Wildman–Crippen MR) is 83.8 cm³/mol. The Labute approximate surface area is 124 Å². The first-order chi connectivity index (χ1) is 9.46. The van der Waals surface area contributed by atoms with Crippen LogP contribution in [0.1, 0.15) is 19.8 Å². The van der Waals surface area contributed by atoms with Gasteiger partial charge in [-0.1, -0.05) is 13.3 Å². The second-order valence-electron chi connectivity index (χ2n) is 4.69. The van der Waals surface area contributed by atoms with Gasteiger partial charge in [-0.25, -0.2) is 0 Å². The van der Waals surface area contributed by atoms with Crippen molar-refractivity contribution in [1.82, 2.24) is 14.3 Å².